The first-order valence-corrected chi connectivity index (χ1v) is 8.50. The van der Waals surface area contributed by atoms with Crippen molar-refractivity contribution in [2.75, 3.05) is 0 Å². The van der Waals surface area contributed by atoms with Crippen LogP contribution in [-0.4, -0.2) is 8.42 Å². The molecule has 0 bridgehead atoms. The summed E-state index contributed by atoms with van der Waals surface area (Å²) in [5, 5.41) is 0.0554. The predicted octanol–water partition coefficient (Wildman–Crippen LogP) is 3.80. The van der Waals surface area contributed by atoms with Crippen LogP contribution < -0.4 is 4.72 Å². The highest BCUT2D eigenvalue weighted by atomic mass is 35.5. The minimum atomic E-state index is -3.81. The molecule has 0 saturated carbocycles. The van der Waals surface area contributed by atoms with Crippen molar-refractivity contribution >= 4 is 21.6 Å². The summed E-state index contributed by atoms with van der Waals surface area (Å²) >= 11 is 5.83. The number of nitrogens with one attached hydrogen (secondary N) is 1. The van der Waals surface area contributed by atoms with Crippen LogP contribution in [0.25, 0.3) is 0 Å². The summed E-state index contributed by atoms with van der Waals surface area (Å²) in [4.78, 5) is 0. The summed E-state index contributed by atoms with van der Waals surface area (Å²) in [6.45, 7) is 1.62. The molecule has 0 aliphatic carbocycles. The minimum absolute atomic E-state index is 0.0554. The molecule has 0 amide bonds. The van der Waals surface area contributed by atoms with Crippen molar-refractivity contribution in [2.24, 2.45) is 0 Å². The molecule has 0 aliphatic heterocycles. The van der Waals surface area contributed by atoms with Crippen molar-refractivity contribution in [3.05, 3.63) is 70.2 Å². The summed E-state index contributed by atoms with van der Waals surface area (Å²) in [5.74, 6) is -1.64. The van der Waals surface area contributed by atoms with Gasteiger partial charge in [-0.15, -0.1) is 0 Å². The molecule has 0 fully saturated rings. The van der Waals surface area contributed by atoms with Gasteiger partial charge in [-0.3, -0.25) is 0 Å². The molecule has 0 spiro atoms. The smallest absolute Gasteiger partial charge is 0.212 e. The third kappa shape index (κ3) is 4.25. The first-order valence-electron chi connectivity index (χ1n) is 6.47. The normalized spacial score (nSPS) is 13.1. The zero-order valence-electron chi connectivity index (χ0n) is 11.7. The van der Waals surface area contributed by atoms with Crippen LogP contribution in [0.3, 0.4) is 0 Å². The van der Waals surface area contributed by atoms with Crippen LogP contribution in [0.5, 0.6) is 0 Å². The van der Waals surface area contributed by atoms with Gasteiger partial charge in [-0.1, -0.05) is 29.8 Å². The van der Waals surface area contributed by atoms with Crippen molar-refractivity contribution in [2.45, 2.75) is 18.7 Å². The molecule has 7 heteroatoms. The van der Waals surface area contributed by atoms with Crippen LogP contribution >= 0.6 is 11.6 Å². The summed E-state index contributed by atoms with van der Waals surface area (Å²) in [7, 11) is -3.81. The monoisotopic (exact) mass is 345 g/mol. The van der Waals surface area contributed by atoms with Gasteiger partial charge in [0.2, 0.25) is 10.0 Å². The molecule has 3 nitrogen and oxygen atoms in total. The van der Waals surface area contributed by atoms with Gasteiger partial charge in [-0.25, -0.2) is 21.9 Å². The van der Waals surface area contributed by atoms with Crippen LogP contribution in [0.15, 0.2) is 42.5 Å². The fourth-order valence-electron chi connectivity index (χ4n) is 1.99. The first-order chi connectivity index (χ1) is 10.3. The molecule has 2 aromatic rings. The molecule has 0 saturated heterocycles. The summed E-state index contributed by atoms with van der Waals surface area (Å²) in [5.41, 5.74) is 0.521. The molecule has 1 N–H and O–H groups in total. The summed E-state index contributed by atoms with van der Waals surface area (Å²) in [6, 6.07) is 8.87. The van der Waals surface area contributed by atoms with E-state index in [1.807, 2.05) is 0 Å². The fraction of sp³-hybridized carbons (Fsp3) is 0.200. The van der Waals surface area contributed by atoms with Crippen molar-refractivity contribution < 1.29 is 17.2 Å². The van der Waals surface area contributed by atoms with Crippen LogP contribution in [0.2, 0.25) is 5.02 Å². The van der Waals surface area contributed by atoms with Crippen LogP contribution in [0, 0.1) is 11.6 Å². The Hall–Kier alpha value is -1.50. The third-order valence-corrected chi connectivity index (χ3v) is 4.86. The van der Waals surface area contributed by atoms with Crippen molar-refractivity contribution in [1.82, 2.24) is 4.72 Å². The maximum atomic E-state index is 13.7. The standard InChI is InChI=1S/C15H14ClF2NO2S/c1-10(11-5-7-12(17)8-6-11)19-22(20,21)9-13-14(16)3-2-4-15(13)18/h2-8,10,19H,9H2,1H3/t10-/m0/s1. The van der Waals surface area contributed by atoms with E-state index < -0.39 is 33.5 Å². The van der Waals surface area contributed by atoms with Gasteiger partial charge in [0.15, 0.2) is 0 Å². The largest absolute Gasteiger partial charge is 0.216 e. The second-order valence-corrected chi connectivity index (χ2v) is 7.01. The fourth-order valence-corrected chi connectivity index (χ4v) is 3.73. The Labute approximate surface area is 133 Å². The highest BCUT2D eigenvalue weighted by Crippen LogP contribution is 2.22. The summed E-state index contributed by atoms with van der Waals surface area (Å²) in [6.07, 6.45) is 0. The lowest BCUT2D eigenvalue weighted by Gasteiger charge is -2.15. The van der Waals surface area contributed by atoms with Gasteiger partial charge in [0, 0.05) is 16.6 Å². The quantitative estimate of drug-likeness (QED) is 0.896. The van der Waals surface area contributed by atoms with E-state index in [9.17, 15) is 17.2 Å². The lowest BCUT2D eigenvalue weighted by molar-refractivity contribution is 0.561. The Morgan fingerprint density at radius 2 is 1.77 bits per heavy atom. The van der Waals surface area contributed by atoms with E-state index in [1.54, 1.807) is 6.92 Å². The Morgan fingerprint density at radius 1 is 1.14 bits per heavy atom. The third-order valence-electron chi connectivity index (χ3n) is 3.12. The molecule has 0 radical (unpaired) electrons. The molecule has 118 valence electrons. The molecule has 2 rings (SSSR count). The number of rotatable bonds is 5. The van der Waals surface area contributed by atoms with Crippen molar-refractivity contribution in [3.63, 3.8) is 0 Å². The molecule has 22 heavy (non-hydrogen) atoms. The number of hydrogen-bond acceptors (Lipinski definition) is 2. The van der Waals surface area contributed by atoms with E-state index in [-0.39, 0.29) is 10.6 Å². The number of benzene rings is 2. The molecule has 1 atom stereocenters. The topological polar surface area (TPSA) is 46.2 Å². The van der Waals surface area contributed by atoms with E-state index in [0.29, 0.717) is 5.56 Å². The van der Waals surface area contributed by atoms with Crippen LogP contribution in [-0.2, 0) is 15.8 Å². The van der Waals surface area contributed by atoms with Gasteiger partial charge in [0.1, 0.15) is 11.6 Å². The van der Waals surface area contributed by atoms with Gasteiger partial charge >= 0.3 is 0 Å². The molecule has 0 unspecified atom stereocenters. The zero-order valence-corrected chi connectivity index (χ0v) is 13.3. The minimum Gasteiger partial charge on any atom is -0.212 e. The molecule has 0 aromatic heterocycles. The maximum Gasteiger partial charge on any atom is 0.216 e. The molecular formula is C15H14ClF2NO2S. The number of hydrogen-bond donors (Lipinski definition) is 1. The molecule has 0 heterocycles. The molecular weight excluding hydrogens is 332 g/mol. The Balaban J connectivity index is 2.16. The lowest BCUT2D eigenvalue weighted by atomic mass is 10.1. The average molecular weight is 346 g/mol. The maximum absolute atomic E-state index is 13.7. The summed E-state index contributed by atoms with van der Waals surface area (Å²) < 4.78 is 53.2. The van der Waals surface area contributed by atoms with Gasteiger partial charge < -0.3 is 0 Å². The lowest BCUT2D eigenvalue weighted by Crippen LogP contribution is -2.28. The van der Waals surface area contributed by atoms with Gasteiger partial charge in [0.05, 0.1) is 5.75 Å². The van der Waals surface area contributed by atoms with E-state index in [0.717, 1.165) is 6.07 Å². The van der Waals surface area contributed by atoms with E-state index in [1.165, 1.54) is 36.4 Å². The Bertz CT molecular complexity index is 743. The number of halogens is 3. The first kappa shape index (κ1) is 16.9. The van der Waals surface area contributed by atoms with Gasteiger partial charge in [-0.2, -0.15) is 0 Å². The van der Waals surface area contributed by atoms with E-state index in [4.69, 9.17) is 11.6 Å². The highest BCUT2D eigenvalue weighted by molar-refractivity contribution is 7.88. The Morgan fingerprint density at radius 3 is 2.36 bits per heavy atom. The van der Waals surface area contributed by atoms with Gasteiger partial charge in [0.25, 0.3) is 0 Å². The van der Waals surface area contributed by atoms with Crippen LogP contribution in [0.1, 0.15) is 24.1 Å². The van der Waals surface area contributed by atoms with Gasteiger partial charge in [-0.05, 0) is 36.8 Å². The average Bonchev–Trinajstić information content (AvgIpc) is 2.43. The van der Waals surface area contributed by atoms with E-state index >= 15 is 0 Å². The molecule has 2 aromatic carbocycles. The number of sulfonamides is 1. The Kier molecular flexibility index (Phi) is 5.16. The second kappa shape index (κ2) is 6.73. The van der Waals surface area contributed by atoms with Crippen molar-refractivity contribution in [3.8, 4) is 0 Å². The van der Waals surface area contributed by atoms with Crippen LogP contribution in [0.4, 0.5) is 8.78 Å². The molecule has 0 aliphatic rings. The predicted molar refractivity (Wildman–Crippen MR) is 82.0 cm³/mol. The zero-order chi connectivity index (χ0) is 16.3. The SMILES string of the molecule is C[C@H](NS(=O)(=O)Cc1c(F)cccc1Cl)c1ccc(F)cc1. The van der Waals surface area contributed by atoms with Crippen molar-refractivity contribution in [1.29, 1.82) is 0 Å². The second-order valence-electron chi connectivity index (χ2n) is 4.85. The highest BCUT2D eigenvalue weighted by Gasteiger charge is 2.20. The van der Waals surface area contributed by atoms with E-state index in [2.05, 4.69) is 4.72 Å².